The lowest BCUT2D eigenvalue weighted by Crippen LogP contribution is -2.50. The van der Waals surface area contributed by atoms with Crippen LogP contribution >= 0.6 is 0 Å². The highest BCUT2D eigenvalue weighted by Crippen LogP contribution is 2.18. The molecule has 30 heavy (non-hydrogen) atoms. The quantitative estimate of drug-likeness (QED) is 0.796. The lowest BCUT2D eigenvalue weighted by atomic mass is 10.0. The van der Waals surface area contributed by atoms with E-state index in [0.717, 1.165) is 30.8 Å². The van der Waals surface area contributed by atoms with Gasteiger partial charge < -0.3 is 10.2 Å². The number of carbonyl (C=O) groups excluding carboxylic acids is 2. The molecular weight excluding hydrogens is 374 g/mol. The van der Waals surface area contributed by atoms with Crippen molar-refractivity contribution in [2.45, 2.75) is 40.5 Å². The third kappa shape index (κ3) is 5.70. The van der Waals surface area contributed by atoms with Crippen LogP contribution in [0, 0.1) is 27.7 Å². The Morgan fingerprint density at radius 1 is 0.933 bits per heavy atom. The van der Waals surface area contributed by atoms with Crippen molar-refractivity contribution in [3.05, 3.63) is 64.2 Å². The van der Waals surface area contributed by atoms with Crippen molar-refractivity contribution in [3.8, 4) is 0 Å². The number of nitrogens with zero attached hydrogens (tertiary/aromatic N) is 2. The van der Waals surface area contributed by atoms with E-state index in [1.54, 1.807) is 0 Å². The molecule has 1 saturated heterocycles. The topological polar surface area (TPSA) is 52.7 Å². The number of nitrogens with one attached hydrogen (secondary N) is 1. The highest BCUT2D eigenvalue weighted by molar-refractivity contribution is 5.93. The largest absolute Gasteiger partial charge is 0.340 e. The van der Waals surface area contributed by atoms with Gasteiger partial charge in [0.1, 0.15) is 0 Å². The van der Waals surface area contributed by atoms with Crippen molar-refractivity contribution in [1.29, 1.82) is 0 Å². The van der Waals surface area contributed by atoms with Gasteiger partial charge in [-0.15, -0.1) is 0 Å². The number of anilines is 1. The molecule has 0 saturated carbocycles. The summed E-state index contributed by atoms with van der Waals surface area (Å²) >= 11 is 0. The Hall–Kier alpha value is -2.66. The van der Waals surface area contributed by atoms with Crippen LogP contribution in [-0.4, -0.2) is 54.3 Å². The van der Waals surface area contributed by atoms with E-state index >= 15 is 0 Å². The Morgan fingerprint density at radius 3 is 2.37 bits per heavy atom. The molecule has 0 spiro atoms. The molecule has 3 rings (SSSR count). The van der Waals surface area contributed by atoms with Gasteiger partial charge in [0.2, 0.25) is 11.8 Å². The average molecular weight is 408 g/mol. The normalized spacial score (nSPS) is 14.6. The second-order valence-corrected chi connectivity index (χ2v) is 8.38. The molecule has 5 nitrogen and oxygen atoms in total. The second kappa shape index (κ2) is 9.90. The first-order valence-electron chi connectivity index (χ1n) is 10.8. The van der Waals surface area contributed by atoms with Crippen LogP contribution in [0.15, 0.2) is 36.4 Å². The minimum atomic E-state index is -0.00155. The van der Waals surface area contributed by atoms with Gasteiger partial charge in [0.15, 0.2) is 0 Å². The minimum Gasteiger partial charge on any atom is -0.340 e. The van der Waals surface area contributed by atoms with E-state index in [9.17, 15) is 9.59 Å². The number of rotatable bonds is 6. The summed E-state index contributed by atoms with van der Waals surface area (Å²) in [5.41, 5.74) is 6.89. The van der Waals surface area contributed by atoms with Crippen molar-refractivity contribution in [1.82, 2.24) is 9.80 Å². The first-order chi connectivity index (χ1) is 14.3. The molecule has 2 aromatic rings. The zero-order chi connectivity index (χ0) is 21.7. The van der Waals surface area contributed by atoms with E-state index in [1.807, 2.05) is 36.9 Å². The maximum atomic E-state index is 12.6. The average Bonchev–Trinajstić information content (AvgIpc) is 2.71. The van der Waals surface area contributed by atoms with E-state index in [2.05, 4.69) is 42.3 Å². The molecule has 0 unspecified atom stereocenters. The summed E-state index contributed by atoms with van der Waals surface area (Å²) < 4.78 is 0. The van der Waals surface area contributed by atoms with Gasteiger partial charge in [-0.05, 0) is 62.4 Å². The van der Waals surface area contributed by atoms with Gasteiger partial charge in [-0.1, -0.05) is 35.9 Å². The maximum Gasteiger partial charge on any atom is 0.238 e. The third-order valence-corrected chi connectivity index (χ3v) is 6.08. The van der Waals surface area contributed by atoms with Gasteiger partial charge in [0.05, 0.1) is 6.54 Å². The number of carbonyl (C=O) groups is 2. The standard InChI is InChI=1S/C25H33N3O2/c1-18-8-9-22(20(3)16-18)10-11-25(30)28-14-12-27(13-15-28)17-24(29)26-23-7-5-6-19(2)21(23)4/h5-9,16H,10-15,17H2,1-4H3,(H,26,29). The van der Waals surface area contributed by atoms with Crippen LogP contribution in [0.1, 0.15) is 34.2 Å². The first kappa shape index (κ1) is 22.0. The molecule has 0 aliphatic carbocycles. The lowest BCUT2D eigenvalue weighted by molar-refractivity contribution is -0.133. The molecule has 1 aliphatic heterocycles. The monoisotopic (exact) mass is 407 g/mol. The highest BCUT2D eigenvalue weighted by atomic mass is 16.2. The van der Waals surface area contributed by atoms with Gasteiger partial charge in [-0.3, -0.25) is 14.5 Å². The Kier molecular flexibility index (Phi) is 7.27. The molecule has 1 aliphatic rings. The number of hydrogen-bond acceptors (Lipinski definition) is 3. The summed E-state index contributed by atoms with van der Waals surface area (Å²) in [6.45, 7) is 11.4. The summed E-state index contributed by atoms with van der Waals surface area (Å²) in [7, 11) is 0. The fourth-order valence-corrected chi connectivity index (χ4v) is 3.96. The molecule has 0 radical (unpaired) electrons. The summed E-state index contributed by atoms with van der Waals surface area (Å²) in [6.07, 6.45) is 1.32. The second-order valence-electron chi connectivity index (χ2n) is 8.38. The lowest BCUT2D eigenvalue weighted by Gasteiger charge is -2.34. The molecule has 1 fully saturated rings. The van der Waals surface area contributed by atoms with E-state index in [1.165, 1.54) is 22.3 Å². The summed E-state index contributed by atoms with van der Waals surface area (Å²) in [5, 5.41) is 3.02. The fourth-order valence-electron chi connectivity index (χ4n) is 3.96. The van der Waals surface area contributed by atoms with Crippen LogP contribution in [0.4, 0.5) is 5.69 Å². The molecule has 0 bridgehead atoms. The minimum absolute atomic E-state index is 0.00155. The molecular formula is C25H33N3O2. The van der Waals surface area contributed by atoms with Crippen LogP contribution < -0.4 is 5.32 Å². The van der Waals surface area contributed by atoms with Crippen molar-refractivity contribution >= 4 is 17.5 Å². The van der Waals surface area contributed by atoms with E-state index in [4.69, 9.17) is 0 Å². The number of benzene rings is 2. The summed E-state index contributed by atoms with van der Waals surface area (Å²) in [5.74, 6) is 0.202. The SMILES string of the molecule is Cc1ccc(CCC(=O)N2CCN(CC(=O)Nc3cccc(C)c3C)CC2)c(C)c1. The molecule has 2 aromatic carbocycles. The highest BCUT2D eigenvalue weighted by Gasteiger charge is 2.22. The van der Waals surface area contributed by atoms with Crippen LogP contribution in [0.2, 0.25) is 0 Å². The first-order valence-corrected chi connectivity index (χ1v) is 10.8. The number of piperazine rings is 1. The number of amides is 2. The van der Waals surface area contributed by atoms with Gasteiger partial charge in [-0.25, -0.2) is 0 Å². The smallest absolute Gasteiger partial charge is 0.238 e. The molecule has 0 atom stereocenters. The van der Waals surface area contributed by atoms with E-state index in [0.29, 0.717) is 26.1 Å². The Bertz CT molecular complexity index is 915. The Morgan fingerprint density at radius 2 is 1.67 bits per heavy atom. The zero-order valence-corrected chi connectivity index (χ0v) is 18.6. The summed E-state index contributed by atoms with van der Waals surface area (Å²) in [4.78, 5) is 29.1. The van der Waals surface area contributed by atoms with Crippen LogP contribution in [-0.2, 0) is 16.0 Å². The van der Waals surface area contributed by atoms with Crippen molar-refractivity contribution < 1.29 is 9.59 Å². The van der Waals surface area contributed by atoms with Crippen molar-refractivity contribution in [2.24, 2.45) is 0 Å². The maximum absolute atomic E-state index is 12.6. The predicted molar refractivity (Wildman–Crippen MR) is 122 cm³/mol. The number of hydrogen-bond donors (Lipinski definition) is 1. The van der Waals surface area contributed by atoms with Crippen LogP contribution in [0.3, 0.4) is 0 Å². The Balaban J connectivity index is 1.43. The van der Waals surface area contributed by atoms with Gasteiger partial charge in [0.25, 0.3) is 0 Å². The van der Waals surface area contributed by atoms with E-state index < -0.39 is 0 Å². The Labute approximate surface area is 180 Å². The van der Waals surface area contributed by atoms with Gasteiger partial charge in [0, 0.05) is 38.3 Å². The van der Waals surface area contributed by atoms with Gasteiger partial charge in [-0.2, -0.15) is 0 Å². The third-order valence-electron chi connectivity index (χ3n) is 6.08. The van der Waals surface area contributed by atoms with E-state index in [-0.39, 0.29) is 11.8 Å². The van der Waals surface area contributed by atoms with Crippen molar-refractivity contribution in [2.75, 3.05) is 38.0 Å². The molecule has 5 heteroatoms. The fraction of sp³-hybridized carbons (Fsp3) is 0.440. The molecule has 1 N–H and O–H groups in total. The number of aryl methyl sites for hydroxylation is 4. The molecule has 160 valence electrons. The molecule has 1 heterocycles. The van der Waals surface area contributed by atoms with Crippen LogP contribution in [0.5, 0.6) is 0 Å². The predicted octanol–water partition coefficient (Wildman–Crippen LogP) is 3.64. The molecule has 0 aromatic heterocycles. The van der Waals surface area contributed by atoms with Gasteiger partial charge >= 0.3 is 0 Å². The van der Waals surface area contributed by atoms with Crippen molar-refractivity contribution in [3.63, 3.8) is 0 Å². The summed E-state index contributed by atoms with van der Waals surface area (Å²) in [6, 6.07) is 12.3. The molecule has 2 amide bonds. The zero-order valence-electron chi connectivity index (χ0n) is 18.6. The van der Waals surface area contributed by atoms with Crippen LogP contribution in [0.25, 0.3) is 0 Å².